The first-order valence-corrected chi connectivity index (χ1v) is 11.7. The topological polar surface area (TPSA) is 49.3 Å². The Balaban J connectivity index is 1.87. The van der Waals surface area contributed by atoms with Crippen LogP contribution in [0.5, 0.6) is 0 Å². The number of hydrogen-bond acceptors (Lipinski definition) is 4. The van der Waals surface area contributed by atoms with E-state index in [4.69, 9.17) is 9.98 Å². The summed E-state index contributed by atoms with van der Waals surface area (Å²) in [5, 5.41) is 7.94. The maximum Gasteiger partial charge on any atom is 0.137 e. The van der Waals surface area contributed by atoms with Gasteiger partial charge in [-0.15, -0.1) is 11.3 Å². The Morgan fingerprint density at radius 2 is 1.97 bits per heavy atom. The summed E-state index contributed by atoms with van der Waals surface area (Å²) >= 11 is 1.73. The lowest BCUT2D eigenvalue weighted by molar-refractivity contribution is 0.653. The van der Waals surface area contributed by atoms with Gasteiger partial charge in [0.05, 0.1) is 27.7 Å². The van der Waals surface area contributed by atoms with E-state index in [1.165, 1.54) is 36.0 Å². The number of aliphatic imine (C=N–C) groups is 1. The molecule has 0 atom stereocenters. The van der Waals surface area contributed by atoms with Crippen LogP contribution < -0.4 is 10.6 Å². The number of benzene rings is 1. The first-order valence-electron chi connectivity index (χ1n) is 10.9. The van der Waals surface area contributed by atoms with Gasteiger partial charge in [0.2, 0.25) is 0 Å². The second kappa shape index (κ2) is 10.6. The molecule has 1 aromatic carbocycles. The summed E-state index contributed by atoms with van der Waals surface area (Å²) in [6.45, 7) is 11.6. The molecule has 1 aliphatic rings. The predicted molar refractivity (Wildman–Crippen MR) is 127 cm³/mol. The number of nitrogens with zero attached hydrogens (tertiary/aromatic N) is 2. The summed E-state index contributed by atoms with van der Waals surface area (Å²) in [5.41, 5.74) is 3.37. The van der Waals surface area contributed by atoms with Crippen LogP contribution in [0.2, 0.25) is 0 Å². The fourth-order valence-electron chi connectivity index (χ4n) is 3.71. The van der Waals surface area contributed by atoms with Gasteiger partial charge in [0.15, 0.2) is 0 Å². The minimum Gasteiger partial charge on any atom is -0.372 e. The molecule has 3 rings (SSSR count). The highest BCUT2D eigenvalue weighted by atomic mass is 32.1. The number of allylic oxidation sites excluding steroid dienone is 1. The summed E-state index contributed by atoms with van der Waals surface area (Å²) < 4.78 is 1.21. The van der Waals surface area contributed by atoms with Crippen LogP contribution >= 0.6 is 11.3 Å². The molecule has 29 heavy (non-hydrogen) atoms. The maximum absolute atomic E-state index is 5.14. The first kappa shape index (κ1) is 21.6. The molecule has 0 aliphatic heterocycles. The van der Waals surface area contributed by atoms with Gasteiger partial charge in [0, 0.05) is 6.54 Å². The lowest BCUT2D eigenvalue weighted by Gasteiger charge is -2.18. The molecule has 0 bridgehead atoms. The van der Waals surface area contributed by atoms with Crippen LogP contribution in [0, 0.1) is 0 Å². The van der Waals surface area contributed by atoms with Crippen molar-refractivity contribution < 1.29 is 0 Å². The zero-order valence-corrected chi connectivity index (χ0v) is 18.9. The highest BCUT2D eigenvalue weighted by molar-refractivity contribution is 7.19. The number of thiazole rings is 1. The molecule has 0 spiro atoms. The third-order valence-corrected chi connectivity index (χ3v) is 6.32. The molecule has 0 radical (unpaired) electrons. The Bertz CT molecular complexity index is 850. The molecular weight excluding hydrogens is 376 g/mol. The lowest BCUT2D eigenvalue weighted by atomic mass is 10.1. The molecular formula is C24H34N4S. The Morgan fingerprint density at radius 1 is 1.21 bits per heavy atom. The van der Waals surface area contributed by atoms with E-state index in [-0.39, 0.29) is 0 Å². The number of amidine groups is 1. The number of hydrogen-bond donors (Lipinski definition) is 2. The third kappa shape index (κ3) is 5.92. The average molecular weight is 411 g/mol. The molecule has 1 heterocycles. The van der Waals surface area contributed by atoms with Gasteiger partial charge >= 0.3 is 0 Å². The van der Waals surface area contributed by atoms with E-state index in [2.05, 4.69) is 56.2 Å². The van der Waals surface area contributed by atoms with Crippen LogP contribution in [-0.2, 0) is 0 Å². The van der Waals surface area contributed by atoms with Gasteiger partial charge < -0.3 is 10.6 Å². The molecule has 0 amide bonds. The number of aromatic nitrogens is 1. The van der Waals surface area contributed by atoms with Crippen LogP contribution in [0.4, 0.5) is 0 Å². The van der Waals surface area contributed by atoms with E-state index in [1.807, 2.05) is 6.07 Å². The van der Waals surface area contributed by atoms with Gasteiger partial charge in [-0.25, -0.2) is 4.98 Å². The van der Waals surface area contributed by atoms with Gasteiger partial charge in [-0.2, -0.15) is 0 Å². The zero-order valence-electron chi connectivity index (χ0n) is 18.1. The van der Waals surface area contributed by atoms with Gasteiger partial charge in [0.1, 0.15) is 10.8 Å². The number of para-hydroxylation sites is 1. The van der Waals surface area contributed by atoms with E-state index < -0.39 is 0 Å². The molecule has 2 N–H and O–H groups in total. The third-order valence-electron chi connectivity index (χ3n) is 5.27. The average Bonchev–Trinajstić information content (AvgIpc) is 3.34. The molecule has 5 heteroatoms. The van der Waals surface area contributed by atoms with Gasteiger partial charge in [-0.1, -0.05) is 56.9 Å². The van der Waals surface area contributed by atoms with Crippen molar-refractivity contribution in [3.8, 4) is 0 Å². The van der Waals surface area contributed by atoms with Crippen LogP contribution in [0.3, 0.4) is 0 Å². The van der Waals surface area contributed by atoms with E-state index in [9.17, 15) is 0 Å². The summed E-state index contributed by atoms with van der Waals surface area (Å²) in [7, 11) is 0. The second-order valence-corrected chi connectivity index (χ2v) is 9.05. The van der Waals surface area contributed by atoms with Gasteiger partial charge in [-0.3, -0.25) is 4.99 Å². The van der Waals surface area contributed by atoms with Crippen molar-refractivity contribution in [3.63, 3.8) is 0 Å². The predicted octanol–water partition coefficient (Wildman–Crippen LogP) is 6.27. The zero-order chi connectivity index (χ0) is 20.6. The molecule has 156 valence electrons. The molecule has 0 saturated heterocycles. The smallest absolute Gasteiger partial charge is 0.137 e. The van der Waals surface area contributed by atoms with E-state index >= 15 is 0 Å². The minimum atomic E-state index is 0.383. The molecule has 1 aliphatic carbocycles. The Labute approximate surface area is 179 Å². The van der Waals surface area contributed by atoms with Crippen LogP contribution in [0.15, 0.2) is 47.2 Å². The Kier molecular flexibility index (Phi) is 7.87. The Hall–Kier alpha value is -2.14. The summed E-state index contributed by atoms with van der Waals surface area (Å²) in [6, 6.07) is 8.71. The fraction of sp³-hybridized carbons (Fsp3) is 0.500. The van der Waals surface area contributed by atoms with Crippen molar-refractivity contribution in [1.29, 1.82) is 0 Å². The quantitative estimate of drug-likeness (QED) is 0.291. The van der Waals surface area contributed by atoms with E-state index in [1.54, 1.807) is 11.3 Å². The number of fused-ring (bicyclic) bond motifs is 1. The molecule has 1 fully saturated rings. The monoisotopic (exact) mass is 410 g/mol. The van der Waals surface area contributed by atoms with Crippen molar-refractivity contribution in [2.75, 3.05) is 6.54 Å². The van der Waals surface area contributed by atoms with Gasteiger partial charge in [-0.05, 0) is 45.2 Å². The van der Waals surface area contributed by atoms with E-state index in [0.29, 0.717) is 6.04 Å². The SMILES string of the molecule is C=C(NCCCCC)NC(=NC1CCCC1)C(=C(C)C)c1nc2ccccc2s1. The van der Waals surface area contributed by atoms with Crippen LogP contribution in [0.1, 0.15) is 70.7 Å². The lowest BCUT2D eigenvalue weighted by Crippen LogP contribution is -2.33. The molecule has 0 unspecified atom stereocenters. The highest BCUT2D eigenvalue weighted by Crippen LogP contribution is 2.30. The van der Waals surface area contributed by atoms with Crippen molar-refractivity contribution in [1.82, 2.24) is 15.6 Å². The number of rotatable bonds is 9. The number of unbranched alkanes of at least 4 members (excludes halogenated alkanes) is 2. The maximum atomic E-state index is 5.14. The van der Waals surface area contributed by atoms with Crippen LogP contribution in [-0.4, -0.2) is 23.4 Å². The van der Waals surface area contributed by atoms with Gasteiger partial charge in [0.25, 0.3) is 0 Å². The largest absolute Gasteiger partial charge is 0.372 e. The van der Waals surface area contributed by atoms with Crippen LogP contribution in [0.25, 0.3) is 15.8 Å². The molecule has 1 saturated carbocycles. The normalized spacial score (nSPS) is 14.9. The van der Waals surface area contributed by atoms with Crippen molar-refractivity contribution in [2.24, 2.45) is 4.99 Å². The highest BCUT2D eigenvalue weighted by Gasteiger charge is 2.21. The molecule has 4 nitrogen and oxygen atoms in total. The fourth-order valence-corrected chi connectivity index (χ4v) is 4.83. The van der Waals surface area contributed by atoms with E-state index in [0.717, 1.165) is 53.6 Å². The second-order valence-electron chi connectivity index (χ2n) is 8.02. The standard InChI is InChI=1S/C24H34N4S/c1-5-6-11-16-25-18(4)26-23(27-19-12-7-8-13-19)22(17(2)3)24-28-20-14-9-10-15-21(20)29-24/h9-10,14-15,19,25H,4-8,11-13,16H2,1-3H3,(H,26,27). The molecule has 2 aromatic rings. The van der Waals surface area contributed by atoms with Crippen molar-refractivity contribution >= 4 is 33.0 Å². The first-order chi connectivity index (χ1) is 14.1. The van der Waals surface area contributed by atoms with Crippen molar-refractivity contribution in [3.05, 3.63) is 47.2 Å². The summed E-state index contributed by atoms with van der Waals surface area (Å²) in [6.07, 6.45) is 8.46. The number of nitrogens with one attached hydrogen (secondary N) is 2. The van der Waals surface area contributed by atoms with Crippen molar-refractivity contribution in [2.45, 2.75) is 71.8 Å². The summed E-state index contributed by atoms with van der Waals surface area (Å²) in [5.74, 6) is 1.72. The minimum absolute atomic E-state index is 0.383. The molecule has 1 aromatic heterocycles. The summed E-state index contributed by atoms with van der Waals surface area (Å²) in [4.78, 5) is 10.1. The Morgan fingerprint density at radius 3 is 2.66 bits per heavy atom.